The smallest absolute Gasteiger partial charge is 0.317 e. The van der Waals surface area contributed by atoms with Crippen LogP contribution >= 0.6 is 0 Å². The molecule has 1 unspecified atom stereocenters. The van der Waals surface area contributed by atoms with Crippen molar-refractivity contribution in [1.29, 1.82) is 0 Å². The van der Waals surface area contributed by atoms with Crippen LogP contribution in [0.15, 0.2) is 0 Å². The van der Waals surface area contributed by atoms with E-state index < -0.39 is 11.4 Å². The van der Waals surface area contributed by atoms with Gasteiger partial charge in [0.1, 0.15) is 0 Å². The van der Waals surface area contributed by atoms with Crippen LogP contribution < -0.4 is 5.32 Å². The molecule has 1 saturated heterocycles. The fraction of sp³-hybridized carbons (Fsp3) is 0.875. The summed E-state index contributed by atoms with van der Waals surface area (Å²) in [6.07, 6.45) is 7.13. The molecule has 2 N–H and O–H groups in total. The van der Waals surface area contributed by atoms with Gasteiger partial charge in [-0.15, -0.1) is 0 Å². The Morgan fingerprint density at radius 1 is 1.14 bits per heavy atom. The Kier molecular flexibility index (Phi) is 4.79. The van der Waals surface area contributed by atoms with E-state index >= 15 is 0 Å². The largest absolute Gasteiger partial charge is 0.481 e. The molecule has 0 aromatic rings. The van der Waals surface area contributed by atoms with Gasteiger partial charge in [0.15, 0.2) is 0 Å². The first kappa shape index (κ1) is 16.1. The predicted octanol–water partition coefficient (Wildman–Crippen LogP) is 2.85. The summed E-state index contributed by atoms with van der Waals surface area (Å²) in [5, 5.41) is 12.4. The lowest BCUT2D eigenvalue weighted by molar-refractivity contribution is -0.148. The molecule has 1 aliphatic heterocycles. The summed E-state index contributed by atoms with van der Waals surface area (Å²) in [6.45, 7) is 5.69. The first-order valence-electron chi connectivity index (χ1n) is 8.23. The number of carbonyl (C=O) groups is 2. The normalized spacial score (nSPS) is 27.8. The summed E-state index contributed by atoms with van der Waals surface area (Å²) in [5.74, 6) is -0.777. The third kappa shape index (κ3) is 3.16. The van der Waals surface area contributed by atoms with Gasteiger partial charge >= 0.3 is 12.0 Å². The van der Waals surface area contributed by atoms with Crippen molar-refractivity contribution in [3.05, 3.63) is 0 Å². The van der Waals surface area contributed by atoms with Crippen LogP contribution in [0.2, 0.25) is 0 Å². The lowest BCUT2D eigenvalue weighted by Gasteiger charge is -2.29. The molecular weight excluding hydrogens is 268 g/mol. The Hall–Kier alpha value is -1.26. The van der Waals surface area contributed by atoms with E-state index in [1.807, 2.05) is 6.92 Å². The number of carboxylic acid groups (broad SMARTS) is 1. The Labute approximate surface area is 127 Å². The van der Waals surface area contributed by atoms with Crippen LogP contribution in [0, 0.1) is 10.8 Å². The van der Waals surface area contributed by atoms with Gasteiger partial charge in [0.05, 0.1) is 5.41 Å². The summed E-state index contributed by atoms with van der Waals surface area (Å²) in [7, 11) is 0. The quantitative estimate of drug-likeness (QED) is 0.819. The predicted molar refractivity (Wildman–Crippen MR) is 81.1 cm³/mol. The minimum atomic E-state index is -0.777. The summed E-state index contributed by atoms with van der Waals surface area (Å²) in [4.78, 5) is 25.4. The van der Waals surface area contributed by atoms with Gasteiger partial charge in [-0.1, -0.05) is 26.7 Å². The van der Waals surface area contributed by atoms with E-state index in [1.54, 1.807) is 4.90 Å². The average molecular weight is 296 g/mol. The van der Waals surface area contributed by atoms with Crippen LogP contribution in [0.4, 0.5) is 4.79 Å². The molecule has 0 radical (unpaired) electrons. The Morgan fingerprint density at radius 3 is 2.29 bits per heavy atom. The van der Waals surface area contributed by atoms with Gasteiger partial charge < -0.3 is 15.3 Å². The standard InChI is InChI=1S/C16H28N2O3/c1-3-15(7-5-6-8-15)11-17-14(21)18-10-9-16(4-2,12-18)13(19)20/h3-12H2,1-2H3,(H,17,21)(H,19,20). The van der Waals surface area contributed by atoms with Crippen molar-refractivity contribution in [3.8, 4) is 0 Å². The third-order valence-corrected chi connectivity index (χ3v) is 5.80. The number of hydrogen-bond acceptors (Lipinski definition) is 2. The Morgan fingerprint density at radius 2 is 1.81 bits per heavy atom. The number of carboxylic acids is 1. The lowest BCUT2D eigenvalue weighted by Crippen LogP contribution is -2.44. The molecule has 1 heterocycles. The van der Waals surface area contributed by atoms with Gasteiger partial charge in [-0.05, 0) is 37.5 Å². The van der Waals surface area contributed by atoms with Crippen molar-refractivity contribution >= 4 is 12.0 Å². The monoisotopic (exact) mass is 296 g/mol. The zero-order chi connectivity index (χ0) is 15.5. The molecule has 2 rings (SSSR count). The Balaban J connectivity index is 1.89. The molecule has 0 aromatic carbocycles. The van der Waals surface area contributed by atoms with E-state index in [9.17, 15) is 14.7 Å². The zero-order valence-corrected chi connectivity index (χ0v) is 13.3. The second-order valence-electron chi connectivity index (χ2n) is 6.83. The van der Waals surface area contributed by atoms with E-state index in [0.717, 1.165) is 13.0 Å². The highest BCUT2D eigenvalue weighted by Crippen LogP contribution is 2.40. The van der Waals surface area contributed by atoms with Crippen molar-refractivity contribution in [2.75, 3.05) is 19.6 Å². The van der Waals surface area contributed by atoms with Gasteiger partial charge in [-0.3, -0.25) is 4.79 Å². The van der Waals surface area contributed by atoms with Crippen molar-refractivity contribution in [2.45, 2.75) is 58.8 Å². The van der Waals surface area contributed by atoms with Crippen molar-refractivity contribution in [1.82, 2.24) is 10.2 Å². The molecule has 1 atom stereocenters. The van der Waals surface area contributed by atoms with Crippen LogP contribution in [0.3, 0.4) is 0 Å². The number of nitrogens with one attached hydrogen (secondary N) is 1. The van der Waals surface area contributed by atoms with Crippen molar-refractivity contribution in [2.24, 2.45) is 10.8 Å². The highest BCUT2D eigenvalue weighted by Gasteiger charge is 2.45. The number of urea groups is 1. The molecule has 5 nitrogen and oxygen atoms in total. The number of hydrogen-bond donors (Lipinski definition) is 2. The molecule has 0 bridgehead atoms. The third-order valence-electron chi connectivity index (χ3n) is 5.80. The summed E-state index contributed by atoms with van der Waals surface area (Å²) < 4.78 is 0. The number of rotatable bonds is 5. The van der Waals surface area contributed by atoms with Crippen LogP contribution in [0.5, 0.6) is 0 Å². The lowest BCUT2D eigenvalue weighted by atomic mass is 9.83. The minimum absolute atomic E-state index is 0.0914. The van der Waals surface area contributed by atoms with Crippen molar-refractivity contribution < 1.29 is 14.7 Å². The Bertz CT molecular complexity index is 404. The second-order valence-corrected chi connectivity index (χ2v) is 6.83. The zero-order valence-electron chi connectivity index (χ0n) is 13.3. The minimum Gasteiger partial charge on any atom is -0.481 e. The number of likely N-dealkylation sites (tertiary alicyclic amines) is 1. The summed E-state index contributed by atoms with van der Waals surface area (Å²) >= 11 is 0. The number of aliphatic carboxylic acids is 1. The maximum absolute atomic E-state index is 12.3. The molecule has 2 aliphatic rings. The number of carbonyl (C=O) groups excluding carboxylic acids is 1. The number of nitrogens with zero attached hydrogens (tertiary/aromatic N) is 1. The fourth-order valence-electron chi connectivity index (χ4n) is 3.82. The first-order valence-corrected chi connectivity index (χ1v) is 8.23. The molecule has 1 aliphatic carbocycles. The van der Waals surface area contributed by atoms with E-state index in [-0.39, 0.29) is 11.4 Å². The topological polar surface area (TPSA) is 69.6 Å². The molecule has 120 valence electrons. The van der Waals surface area contributed by atoms with Crippen molar-refractivity contribution in [3.63, 3.8) is 0 Å². The van der Waals surface area contributed by atoms with Crippen LogP contribution in [0.25, 0.3) is 0 Å². The van der Waals surface area contributed by atoms with Gasteiger partial charge in [-0.25, -0.2) is 4.79 Å². The van der Waals surface area contributed by atoms with Gasteiger partial charge in [0, 0.05) is 19.6 Å². The fourth-order valence-corrected chi connectivity index (χ4v) is 3.82. The average Bonchev–Trinajstić information content (AvgIpc) is 3.13. The molecule has 5 heteroatoms. The number of amides is 2. The molecule has 0 spiro atoms. The SMILES string of the molecule is CCC1(CNC(=O)N2CCC(CC)(C(=O)O)C2)CCCC1. The molecule has 2 amide bonds. The molecule has 21 heavy (non-hydrogen) atoms. The highest BCUT2D eigenvalue weighted by molar-refractivity contribution is 5.79. The van der Waals surface area contributed by atoms with E-state index in [0.29, 0.717) is 25.9 Å². The van der Waals surface area contributed by atoms with E-state index in [2.05, 4.69) is 12.2 Å². The van der Waals surface area contributed by atoms with Crippen LogP contribution in [0.1, 0.15) is 58.8 Å². The van der Waals surface area contributed by atoms with Crippen LogP contribution in [-0.4, -0.2) is 41.6 Å². The molecule has 0 aromatic heterocycles. The van der Waals surface area contributed by atoms with Gasteiger partial charge in [-0.2, -0.15) is 0 Å². The maximum atomic E-state index is 12.3. The maximum Gasteiger partial charge on any atom is 0.317 e. The molecule has 1 saturated carbocycles. The summed E-state index contributed by atoms with van der Waals surface area (Å²) in [5.41, 5.74) is -0.475. The molecule has 2 fully saturated rings. The van der Waals surface area contributed by atoms with Crippen LogP contribution in [-0.2, 0) is 4.79 Å². The van der Waals surface area contributed by atoms with E-state index in [1.165, 1.54) is 25.7 Å². The van der Waals surface area contributed by atoms with Gasteiger partial charge in [0.25, 0.3) is 0 Å². The highest BCUT2D eigenvalue weighted by atomic mass is 16.4. The second kappa shape index (κ2) is 6.24. The molecular formula is C16H28N2O3. The van der Waals surface area contributed by atoms with Gasteiger partial charge in [0.2, 0.25) is 0 Å². The van der Waals surface area contributed by atoms with E-state index in [4.69, 9.17) is 0 Å². The first-order chi connectivity index (χ1) is 9.97. The summed E-state index contributed by atoms with van der Waals surface area (Å²) in [6, 6.07) is -0.0914.